The number of nitrogens with one attached hydrogen (secondary N) is 1. The van der Waals surface area contributed by atoms with Crippen LogP contribution in [-0.2, 0) is 14.6 Å². The molecular formula is C16H20FNO4S. The smallest absolute Gasteiger partial charge is 0.220 e. The van der Waals surface area contributed by atoms with Crippen molar-refractivity contribution < 1.29 is 22.3 Å². The minimum absolute atomic E-state index is 0.0828. The van der Waals surface area contributed by atoms with E-state index in [2.05, 4.69) is 5.32 Å². The topological polar surface area (TPSA) is 72.5 Å². The second-order valence-electron chi connectivity index (χ2n) is 6.24. The highest BCUT2D eigenvalue weighted by Crippen LogP contribution is 2.34. The van der Waals surface area contributed by atoms with Crippen LogP contribution in [0.4, 0.5) is 4.39 Å². The average Bonchev–Trinajstić information content (AvgIpc) is 2.47. The molecule has 0 saturated carbocycles. The van der Waals surface area contributed by atoms with Gasteiger partial charge in [-0.25, -0.2) is 12.8 Å². The van der Waals surface area contributed by atoms with E-state index in [0.29, 0.717) is 25.0 Å². The number of amides is 1. The zero-order valence-electron chi connectivity index (χ0n) is 12.8. The molecule has 126 valence electrons. The molecule has 7 heteroatoms. The second-order valence-corrected chi connectivity index (χ2v) is 8.47. The van der Waals surface area contributed by atoms with E-state index in [1.165, 1.54) is 6.07 Å². The Morgan fingerprint density at radius 3 is 2.96 bits per heavy atom. The van der Waals surface area contributed by atoms with Crippen LogP contribution in [0, 0.1) is 11.7 Å². The van der Waals surface area contributed by atoms with Crippen molar-refractivity contribution in [2.24, 2.45) is 5.92 Å². The Bertz CT molecular complexity index is 704. The highest BCUT2D eigenvalue weighted by molar-refractivity contribution is 7.91. The number of hydrogen-bond acceptors (Lipinski definition) is 4. The summed E-state index contributed by atoms with van der Waals surface area (Å²) in [6.07, 6.45) is 2.14. The lowest BCUT2D eigenvalue weighted by Crippen LogP contribution is -2.35. The summed E-state index contributed by atoms with van der Waals surface area (Å²) in [6.45, 7) is 0.344. The molecule has 2 aliphatic rings. The van der Waals surface area contributed by atoms with Gasteiger partial charge in [0.25, 0.3) is 0 Å². The fourth-order valence-electron chi connectivity index (χ4n) is 3.33. The standard InChI is InChI=1S/C16H20FNO4S/c17-13-5-1-4-12-14(6-7-22-16(12)13)18-15(19)9-11-3-2-8-23(20,21)10-11/h1,4-5,11,14H,2-3,6-10H2,(H,18,19). The van der Waals surface area contributed by atoms with E-state index >= 15 is 0 Å². The minimum Gasteiger partial charge on any atom is -0.490 e. The number of halogens is 1. The Labute approximate surface area is 135 Å². The maximum absolute atomic E-state index is 13.7. The molecule has 1 N–H and O–H groups in total. The number of ether oxygens (including phenoxy) is 1. The van der Waals surface area contributed by atoms with E-state index in [0.717, 1.165) is 6.42 Å². The van der Waals surface area contributed by atoms with E-state index in [9.17, 15) is 17.6 Å². The highest BCUT2D eigenvalue weighted by Gasteiger charge is 2.29. The van der Waals surface area contributed by atoms with E-state index in [-0.39, 0.29) is 41.5 Å². The molecule has 1 fully saturated rings. The largest absolute Gasteiger partial charge is 0.490 e. The molecule has 0 aliphatic carbocycles. The molecule has 5 nitrogen and oxygen atoms in total. The summed E-state index contributed by atoms with van der Waals surface area (Å²) >= 11 is 0. The molecule has 1 amide bonds. The van der Waals surface area contributed by atoms with Gasteiger partial charge in [0.2, 0.25) is 5.91 Å². The molecule has 2 aliphatic heterocycles. The predicted octanol–water partition coefficient (Wildman–Crippen LogP) is 1.98. The van der Waals surface area contributed by atoms with Crippen molar-refractivity contribution in [3.05, 3.63) is 29.6 Å². The molecule has 3 rings (SSSR count). The molecule has 2 atom stereocenters. The molecule has 2 heterocycles. The summed E-state index contributed by atoms with van der Waals surface area (Å²) in [5.74, 6) is -0.240. The van der Waals surface area contributed by atoms with Crippen molar-refractivity contribution in [3.63, 3.8) is 0 Å². The van der Waals surface area contributed by atoms with E-state index in [4.69, 9.17) is 4.74 Å². The van der Waals surface area contributed by atoms with Gasteiger partial charge in [-0.1, -0.05) is 12.1 Å². The lowest BCUT2D eigenvalue weighted by atomic mass is 9.98. The van der Waals surface area contributed by atoms with Crippen molar-refractivity contribution in [2.45, 2.75) is 31.7 Å². The zero-order chi connectivity index (χ0) is 16.4. The van der Waals surface area contributed by atoms with Gasteiger partial charge in [-0.3, -0.25) is 4.79 Å². The number of sulfone groups is 1. The monoisotopic (exact) mass is 341 g/mol. The van der Waals surface area contributed by atoms with Crippen molar-refractivity contribution in [2.75, 3.05) is 18.1 Å². The predicted molar refractivity (Wildman–Crippen MR) is 83.4 cm³/mol. The van der Waals surface area contributed by atoms with Crippen LogP contribution in [0.2, 0.25) is 0 Å². The van der Waals surface area contributed by atoms with Crippen LogP contribution in [-0.4, -0.2) is 32.4 Å². The first-order valence-corrected chi connectivity index (χ1v) is 9.68. The molecule has 1 aromatic rings. The molecule has 0 aromatic heterocycles. The fraction of sp³-hybridized carbons (Fsp3) is 0.562. The number of benzene rings is 1. The van der Waals surface area contributed by atoms with Crippen LogP contribution in [0.3, 0.4) is 0 Å². The molecule has 1 saturated heterocycles. The Kier molecular flexibility index (Phi) is 4.57. The van der Waals surface area contributed by atoms with Crippen LogP contribution < -0.4 is 10.1 Å². The zero-order valence-corrected chi connectivity index (χ0v) is 13.6. The van der Waals surface area contributed by atoms with Gasteiger partial charge >= 0.3 is 0 Å². The van der Waals surface area contributed by atoms with Gasteiger partial charge < -0.3 is 10.1 Å². The number of para-hydroxylation sites is 1. The maximum atomic E-state index is 13.7. The molecule has 0 spiro atoms. The van der Waals surface area contributed by atoms with Crippen molar-refractivity contribution >= 4 is 15.7 Å². The SMILES string of the molecule is O=C(CC1CCCS(=O)(=O)C1)NC1CCOc2c(F)cccc21. The number of carbonyl (C=O) groups is 1. The number of hydrogen-bond donors (Lipinski definition) is 1. The summed E-state index contributed by atoms with van der Waals surface area (Å²) in [6, 6.07) is 4.38. The second kappa shape index (κ2) is 6.47. The fourth-order valence-corrected chi connectivity index (χ4v) is 5.11. The van der Waals surface area contributed by atoms with Crippen molar-refractivity contribution in [1.29, 1.82) is 0 Å². The Morgan fingerprint density at radius 2 is 2.17 bits per heavy atom. The summed E-state index contributed by atoms with van der Waals surface area (Å²) in [4.78, 5) is 12.2. The van der Waals surface area contributed by atoms with Crippen LogP contribution in [0.25, 0.3) is 0 Å². The van der Waals surface area contributed by atoms with Gasteiger partial charge in [-0.15, -0.1) is 0 Å². The summed E-state index contributed by atoms with van der Waals surface area (Å²) in [7, 11) is -3.01. The van der Waals surface area contributed by atoms with Gasteiger partial charge in [0.05, 0.1) is 24.2 Å². The van der Waals surface area contributed by atoms with Crippen molar-refractivity contribution in [3.8, 4) is 5.75 Å². The molecule has 0 bridgehead atoms. The van der Waals surface area contributed by atoms with Gasteiger partial charge in [0.1, 0.15) is 0 Å². The lowest BCUT2D eigenvalue weighted by Gasteiger charge is -2.28. The normalized spacial score (nSPS) is 26.0. The third-order valence-electron chi connectivity index (χ3n) is 4.39. The van der Waals surface area contributed by atoms with E-state index in [1.54, 1.807) is 12.1 Å². The quantitative estimate of drug-likeness (QED) is 0.912. The Morgan fingerprint density at radius 1 is 1.35 bits per heavy atom. The maximum Gasteiger partial charge on any atom is 0.220 e. The van der Waals surface area contributed by atoms with Crippen molar-refractivity contribution in [1.82, 2.24) is 5.32 Å². The van der Waals surface area contributed by atoms with Crippen LogP contribution in [0.15, 0.2) is 18.2 Å². The molecule has 23 heavy (non-hydrogen) atoms. The van der Waals surface area contributed by atoms with Crippen LogP contribution in [0.1, 0.15) is 37.3 Å². The Hall–Kier alpha value is -1.63. The molecule has 0 radical (unpaired) electrons. The number of carbonyl (C=O) groups excluding carboxylic acids is 1. The lowest BCUT2D eigenvalue weighted by molar-refractivity contribution is -0.122. The first-order valence-electron chi connectivity index (χ1n) is 7.85. The summed E-state index contributed by atoms with van der Waals surface area (Å²) in [5, 5.41) is 2.90. The third kappa shape index (κ3) is 3.83. The Balaban J connectivity index is 1.64. The van der Waals surface area contributed by atoms with Crippen LogP contribution >= 0.6 is 0 Å². The van der Waals surface area contributed by atoms with E-state index in [1.807, 2.05) is 0 Å². The summed E-state index contributed by atoms with van der Waals surface area (Å²) < 4.78 is 42.4. The highest BCUT2D eigenvalue weighted by atomic mass is 32.2. The number of rotatable bonds is 3. The van der Waals surface area contributed by atoms with E-state index < -0.39 is 15.7 Å². The van der Waals surface area contributed by atoms with Gasteiger partial charge in [0, 0.05) is 18.4 Å². The minimum atomic E-state index is -3.01. The molecular weight excluding hydrogens is 321 g/mol. The van der Waals surface area contributed by atoms with Crippen LogP contribution in [0.5, 0.6) is 5.75 Å². The molecule has 2 unspecified atom stereocenters. The average molecular weight is 341 g/mol. The third-order valence-corrected chi connectivity index (χ3v) is 6.28. The first kappa shape index (κ1) is 16.2. The van der Waals surface area contributed by atoms with Gasteiger partial charge in [-0.05, 0) is 24.8 Å². The van der Waals surface area contributed by atoms with Gasteiger partial charge in [0.15, 0.2) is 21.4 Å². The van der Waals surface area contributed by atoms with Gasteiger partial charge in [-0.2, -0.15) is 0 Å². The summed E-state index contributed by atoms with van der Waals surface area (Å²) in [5.41, 5.74) is 0.640. The molecule has 1 aromatic carbocycles. The first-order chi connectivity index (χ1) is 10.9. The number of fused-ring (bicyclic) bond motifs is 1.